The van der Waals surface area contributed by atoms with Gasteiger partial charge in [0.05, 0.1) is 11.4 Å². The van der Waals surface area contributed by atoms with Gasteiger partial charge in [0, 0.05) is 22.5 Å². The van der Waals surface area contributed by atoms with Gasteiger partial charge in [0.25, 0.3) is 0 Å². The Kier molecular flexibility index (Phi) is 6.41. The zero-order valence-corrected chi connectivity index (χ0v) is 15.6. The van der Waals surface area contributed by atoms with E-state index in [-0.39, 0.29) is 0 Å². The van der Waals surface area contributed by atoms with E-state index >= 15 is 0 Å². The summed E-state index contributed by atoms with van der Waals surface area (Å²) in [5.74, 6) is -0.325. The molecule has 0 aliphatic heterocycles. The van der Waals surface area contributed by atoms with Crippen molar-refractivity contribution in [2.24, 2.45) is 4.99 Å². The Morgan fingerprint density at radius 3 is 2.48 bits per heavy atom. The monoisotopic (exact) mass is 386 g/mol. The van der Waals surface area contributed by atoms with Gasteiger partial charge < -0.3 is 5.32 Å². The van der Waals surface area contributed by atoms with Crippen LogP contribution in [0, 0.1) is 13.8 Å². The summed E-state index contributed by atoms with van der Waals surface area (Å²) in [6.07, 6.45) is -4.21. The van der Waals surface area contributed by atoms with Crippen molar-refractivity contribution < 1.29 is 13.2 Å². The molecule has 0 saturated carbocycles. The summed E-state index contributed by atoms with van der Waals surface area (Å²) < 4.78 is 37.5. The molecule has 0 aliphatic rings. The Labute approximate surface area is 154 Å². The molecule has 1 N–H and O–H groups in total. The van der Waals surface area contributed by atoms with Crippen LogP contribution in [0.2, 0.25) is 5.02 Å². The van der Waals surface area contributed by atoms with Crippen molar-refractivity contribution in [3.8, 4) is 0 Å². The SMILES string of the molecule is CN/C(=N\c1cc(SCC(F)(F)F)c(C)cc1C)c1cccc(Cl)c1. The molecule has 2 aromatic carbocycles. The van der Waals surface area contributed by atoms with Crippen LogP contribution in [0.3, 0.4) is 0 Å². The van der Waals surface area contributed by atoms with Crippen molar-refractivity contribution in [2.45, 2.75) is 24.9 Å². The Balaban J connectivity index is 2.40. The number of benzene rings is 2. The molecular formula is C18H18ClF3N2S. The Bertz CT molecular complexity index is 788. The lowest BCUT2D eigenvalue weighted by atomic mass is 10.1. The van der Waals surface area contributed by atoms with Gasteiger partial charge in [-0.05, 0) is 43.2 Å². The maximum Gasteiger partial charge on any atom is 0.398 e. The molecule has 0 aromatic heterocycles. The number of nitrogens with zero attached hydrogens (tertiary/aromatic N) is 1. The van der Waals surface area contributed by atoms with E-state index in [0.29, 0.717) is 21.4 Å². The summed E-state index contributed by atoms with van der Waals surface area (Å²) in [6, 6.07) is 10.8. The molecule has 0 unspecified atom stereocenters. The van der Waals surface area contributed by atoms with Crippen LogP contribution in [-0.2, 0) is 0 Å². The summed E-state index contributed by atoms with van der Waals surface area (Å²) in [4.78, 5) is 5.16. The quantitative estimate of drug-likeness (QED) is 0.401. The molecule has 0 fully saturated rings. The Morgan fingerprint density at radius 2 is 1.88 bits per heavy atom. The number of hydrogen-bond acceptors (Lipinski definition) is 2. The van der Waals surface area contributed by atoms with Crippen molar-refractivity contribution in [1.82, 2.24) is 5.32 Å². The number of aliphatic imine (C=N–C) groups is 1. The maximum absolute atomic E-state index is 12.5. The topological polar surface area (TPSA) is 24.4 Å². The van der Waals surface area contributed by atoms with E-state index in [2.05, 4.69) is 10.3 Å². The lowest BCUT2D eigenvalue weighted by molar-refractivity contribution is -0.105. The molecule has 25 heavy (non-hydrogen) atoms. The van der Waals surface area contributed by atoms with Gasteiger partial charge in [-0.1, -0.05) is 29.8 Å². The van der Waals surface area contributed by atoms with Crippen LogP contribution in [-0.4, -0.2) is 24.8 Å². The van der Waals surface area contributed by atoms with Gasteiger partial charge in [-0.3, -0.25) is 0 Å². The van der Waals surface area contributed by atoms with E-state index in [9.17, 15) is 13.2 Å². The summed E-state index contributed by atoms with van der Waals surface area (Å²) in [7, 11) is 1.74. The molecule has 0 amide bonds. The molecule has 0 aliphatic carbocycles. The third kappa shape index (κ3) is 5.68. The third-order valence-electron chi connectivity index (χ3n) is 3.45. The highest BCUT2D eigenvalue weighted by Crippen LogP contribution is 2.34. The van der Waals surface area contributed by atoms with E-state index in [1.807, 2.05) is 25.1 Å². The molecule has 0 heterocycles. The van der Waals surface area contributed by atoms with Gasteiger partial charge in [0.1, 0.15) is 5.84 Å². The van der Waals surface area contributed by atoms with E-state index < -0.39 is 11.9 Å². The average molecular weight is 387 g/mol. The number of rotatable bonds is 4. The lowest BCUT2D eigenvalue weighted by Gasteiger charge is -2.12. The van der Waals surface area contributed by atoms with Gasteiger partial charge in [-0.2, -0.15) is 13.2 Å². The lowest BCUT2D eigenvalue weighted by Crippen LogP contribution is -2.19. The van der Waals surface area contributed by atoms with Gasteiger partial charge in [0.15, 0.2) is 0 Å². The summed E-state index contributed by atoms with van der Waals surface area (Å²) in [6.45, 7) is 3.68. The fourth-order valence-corrected chi connectivity index (χ4v) is 3.27. The highest BCUT2D eigenvalue weighted by Gasteiger charge is 2.27. The molecule has 2 nitrogen and oxygen atoms in total. The van der Waals surface area contributed by atoms with Crippen LogP contribution in [0.5, 0.6) is 0 Å². The Morgan fingerprint density at radius 1 is 1.16 bits per heavy atom. The van der Waals surface area contributed by atoms with Crippen LogP contribution in [0.1, 0.15) is 16.7 Å². The maximum atomic E-state index is 12.5. The summed E-state index contributed by atoms with van der Waals surface area (Å²) in [5, 5.41) is 3.60. The molecular weight excluding hydrogens is 369 g/mol. The molecule has 134 valence electrons. The number of aryl methyl sites for hydroxylation is 2. The van der Waals surface area contributed by atoms with Gasteiger partial charge >= 0.3 is 6.18 Å². The van der Waals surface area contributed by atoms with Crippen molar-refractivity contribution in [2.75, 3.05) is 12.8 Å². The van der Waals surface area contributed by atoms with Crippen molar-refractivity contribution in [3.05, 3.63) is 58.1 Å². The molecule has 0 radical (unpaired) electrons. The zero-order chi connectivity index (χ0) is 18.6. The molecule has 0 saturated heterocycles. The molecule has 0 bridgehead atoms. The Hall–Kier alpha value is -1.66. The van der Waals surface area contributed by atoms with Crippen LogP contribution in [0.15, 0.2) is 46.3 Å². The minimum atomic E-state index is -4.21. The number of amidine groups is 1. The van der Waals surface area contributed by atoms with E-state index in [4.69, 9.17) is 11.6 Å². The van der Waals surface area contributed by atoms with Crippen LogP contribution in [0.25, 0.3) is 0 Å². The first-order chi connectivity index (χ1) is 11.7. The zero-order valence-electron chi connectivity index (χ0n) is 14.0. The predicted octanol–water partition coefficient (Wildman–Crippen LogP) is 5.91. The van der Waals surface area contributed by atoms with Crippen molar-refractivity contribution >= 4 is 34.9 Å². The minimum absolute atomic E-state index is 0.572. The van der Waals surface area contributed by atoms with Crippen molar-refractivity contribution in [1.29, 1.82) is 0 Å². The first-order valence-electron chi connectivity index (χ1n) is 7.53. The fourth-order valence-electron chi connectivity index (χ4n) is 2.28. The highest BCUT2D eigenvalue weighted by molar-refractivity contribution is 7.99. The number of nitrogens with one attached hydrogen (secondary N) is 1. The molecule has 7 heteroatoms. The van der Waals surface area contributed by atoms with Crippen LogP contribution >= 0.6 is 23.4 Å². The second kappa shape index (κ2) is 8.15. The van der Waals surface area contributed by atoms with Gasteiger partial charge in [-0.15, -0.1) is 11.8 Å². The number of hydrogen-bond donors (Lipinski definition) is 1. The second-order valence-corrected chi connectivity index (χ2v) is 6.98. The number of halogens is 4. The smallest absolute Gasteiger partial charge is 0.373 e. The largest absolute Gasteiger partial charge is 0.398 e. The first-order valence-corrected chi connectivity index (χ1v) is 8.89. The van der Waals surface area contributed by atoms with Crippen LogP contribution < -0.4 is 5.32 Å². The minimum Gasteiger partial charge on any atom is -0.373 e. The molecule has 2 aromatic rings. The normalized spacial score (nSPS) is 12.4. The summed E-state index contributed by atoms with van der Waals surface area (Å²) >= 11 is 6.79. The molecule has 0 spiro atoms. The van der Waals surface area contributed by atoms with E-state index in [0.717, 1.165) is 28.5 Å². The van der Waals surface area contributed by atoms with Crippen LogP contribution in [0.4, 0.5) is 18.9 Å². The summed E-state index contributed by atoms with van der Waals surface area (Å²) in [5.41, 5.74) is 3.13. The first kappa shape index (κ1) is 19.7. The molecule has 2 rings (SSSR count). The standard InChI is InChI=1S/C18H18ClF3N2S/c1-11-7-12(2)16(25-10-18(20,21)22)9-15(11)24-17(23-3)13-5-4-6-14(19)8-13/h4-9H,10H2,1-3H3,(H,23,24). The van der Waals surface area contributed by atoms with E-state index in [1.165, 1.54) is 0 Å². The number of thioether (sulfide) groups is 1. The molecule has 0 atom stereocenters. The second-order valence-electron chi connectivity index (χ2n) is 5.53. The van der Waals surface area contributed by atoms with E-state index in [1.54, 1.807) is 32.2 Å². The number of alkyl halides is 3. The van der Waals surface area contributed by atoms with Gasteiger partial charge in [-0.25, -0.2) is 4.99 Å². The highest BCUT2D eigenvalue weighted by atomic mass is 35.5. The predicted molar refractivity (Wildman–Crippen MR) is 99.4 cm³/mol. The van der Waals surface area contributed by atoms with Gasteiger partial charge in [0.2, 0.25) is 0 Å². The third-order valence-corrected chi connectivity index (χ3v) is 4.91. The van der Waals surface area contributed by atoms with Crippen molar-refractivity contribution in [3.63, 3.8) is 0 Å². The fraction of sp³-hybridized carbons (Fsp3) is 0.278. The average Bonchev–Trinajstić information content (AvgIpc) is 2.52.